The first-order valence-electron chi connectivity index (χ1n) is 8.25. The van der Waals surface area contributed by atoms with E-state index in [-0.39, 0.29) is 0 Å². The van der Waals surface area contributed by atoms with Gasteiger partial charge in [0.05, 0.1) is 11.2 Å². The number of carbonyl (C=O) groups is 1. The molecule has 0 aliphatic carbocycles. The van der Waals surface area contributed by atoms with Gasteiger partial charge in [0.2, 0.25) is 0 Å². The molecule has 0 aliphatic rings. The number of fused-ring (bicyclic) bond motifs is 1. The first-order valence-corrected chi connectivity index (χ1v) is 8.63. The van der Waals surface area contributed by atoms with E-state index in [4.69, 9.17) is 16.3 Å². The van der Waals surface area contributed by atoms with Crippen LogP contribution in [-0.2, 0) is 9.53 Å². The Morgan fingerprint density at radius 3 is 2.77 bits per heavy atom. The lowest BCUT2D eigenvalue weighted by Gasteiger charge is -2.13. The fourth-order valence-corrected chi connectivity index (χ4v) is 2.85. The molecule has 0 unspecified atom stereocenters. The van der Waals surface area contributed by atoms with Gasteiger partial charge in [0.25, 0.3) is 0 Å². The van der Waals surface area contributed by atoms with Gasteiger partial charge in [0.1, 0.15) is 0 Å². The lowest BCUT2D eigenvalue weighted by atomic mass is 10.1. The van der Waals surface area contributed by atoms with Crippen LogP contribution >= 0.6 is 11.6 Å². The van der Waals surface area contributed by atoms with E-state index < -0.39 is 12.1 Å². The van der Waals surface area contributed by atoms with Crippen molar-refractivity contribution in [3.63, 3.8) is 0 Å². The number of pyridine rings is 1. The summed E-state index contributed by atoms with van der Waals surface area (Å²) in [7, 11) is 0. The number of nitrogens with zero attached hydrogens (tertiary/aromatic N) is 1. The first-order chi connectivity index (χ1) is 12.6. The van der Waals surface area contributed by atoms with Gasteiger partial charge in [0, 0.05) is 17.0 Å². The molecule has 3 rings (SSSR count). The monoisotopic (exact) mass is 367 g/mol. The maximum atomic E-state index is 11.4. The van der Waals surface area contributed by atoms with Crippen LogP contribution in [0.25, 0.3) is 23.1 Å². The minimum Gasteiger partial charge on any atom is -0.479 e. The summed E-state index contributed by atoms with van der Waals surface area (Å²) in [5.41, 5.74) is 3.11. The van der Waals surface area contributed by atoms with Gasteiger partial charge in [-0.05, 0) is 48.4 Å². The smallest absolute Gasteiger partial charge is 0.337 e. The van der Waals surface area contributed by atoms with Crippen molar-refractivity contribution < 1.29 is 14.6 Å². The zero-order valence-corrected chi connectivity index (χ0v) is 15.0. The number of benzene rings is 2. The molecule has 0 aliphatic heterocycles. The van der Waals surface area contributed by atoms with Crippen molar-refractivity contribution in [2.75, 3.05) is 6.61 Å². The fraction of sp³-hybridized carbons (Fsp3) is 0.143. The van der Waals surface area contributed by atoms with E-state index in [0.717, 1.165) is 22.2 Å². The number of ether oxygens (including phenoxy) is 1. The Kier molecular flexibility index (Phi) is 5.66. The maximum absolute atomic E-state index is 11.4. The molecule has 1 aromatic heterocycles. The minimum atomic E-state index is -0.999. The van der Waals surface area contributed by atoms with Gasteiger partial charge in [-0.25, -0.2) is 9.78 Å². The molecular weight excluding hydrogens is 350 g/mol. The summed E-state index contributed by atoms with van der Waals surface area (Å²) in [6.07, 6.45) is 2.82. The van der Waals surface area contributed by atoms with Crippen molar-refractivity contribution in [2.24, 2.45) is 0 Å². The number of hydrogen-bond acceptors (Lipinski definition) is 3. The van der Waals surface area contributed by atoms with Crippen LogP contribution in [-0.4, -0.2) is 22.7 Å². The van der Waals surface area contributed by atoms with Crippen molar-refractivity contribution in [3.05, 3.63) is 76.4 Å². The summed E-state index contributed by atoms with van der Waals surface area (Å²) < 4.78 is 5.32. The Hall–Kier alpha value is -2.69. The van der Waals surface area contributed by atoms with Crippen molar-refractivity contribution in [1.29, 1.82) is 0 Å². The molecule has 0 bridgehead atoms. The van der Waals surface area contributed by atoms with E-state index >= 15 is 0 Å². The highest BCUT2D eigenvalue weighted by Crippen LogP contribution is 2.21. The lowest BCUT2D eigenvalue weighted by molar-refractivity contribution is -0.150. The third kappa shape index (κ3) is 4.28. The van der Waals surface area contributed by atoms with Crippen LogP contribution < -0.4 is 0 Å². The van der Waals surface area contributed by atoms with Gasteiger partial charge < -0.3 is 9.84 Å². The standard InChI is InChI=1S/C21H18ClNO3/c1-2-26-20(21(24)25)16-5-3-4-14(12-16)6-10-18-11-8-15-7-9-17(22)13-19(15)23-18/h3-13,20H,2H2,1H3,(H,24,25)/b10-6+/t20-/m1/s1. The molecule has 5 heteroatoms. The third-order valence-electron chi connectivity index (χ3n) is 3.89. The molecule has 1 N–H and O–H groups in total. The summed E-state index contributed by atoms with van der Waals surface area (Å²) in [5.74, 6) is -0.999. The van der Waals surface area contributed by atoms with Crippen molar-refractivity contribution in [1.82, 2.24) is 4.98 Å². The third-order valence-corrected chi connectivity index (χ3v) is 4.13. The van der Waals surface area contributed by atoms with Crippen molar-refractivity contribution >= 4 is 40.6 Å². The summed E-state index contributed by atoms with van der Waals surface area (Å²) >= 11 is 6.02. The second-order valence-corrected chi connectivity index (χ2v) is 6.19. The summed E-state index contributed by atoms with van der Waals surface area (Å²) in [4.78, 5) is 15.9. The summed E-state index contributed by atoms with van der Waals surface area (Å²) in [5, 5.41) is 11.0. The quantitative estimate of drug-likeness (QED) is 0.648. The molecule has 2 aromatic carbocycles. The van der Waals surface area contributed by atoms with Crippen LogP contribution in [0.3, 0.4) is 0 Å². The number of hydrogen-bond donors (Lipinski definition) is 1. The number of aliphatic carboxylic acids is 1. The number of rotatable bonds is 6. The molecule has 1 atom stereocenters. The van der Waals surface area contributed by atoms with E-state index in [9.17, 15) is 9.90 Å². The van der Waals surface area contributed by atoms with Crippen molar-refractivity contribution in [3.8, 4) is 0 Å². The summed E-state index contributed by atoms with van der Waals surface area (Å²) in [6, 6.07) is 16.8. The Balaban J connectivity index is 1.86. The number of aromatic nitrogens is 1. The molecule has 1 heterocycles. The van der Waals surface area contributed by atoms with Gasteiger partial charge in [0.15, 0.2) is 6.10 Å². The van der Waals surface area contributed by atoms with Gasteiger partial charge in [-0.15, -0.1) is 0 Å². The Morgan fingerprint density at radius 1 is 1.19 bits per heavy atom. The molecule has 0 spiro atoms. The molecule has 0 saturated carbocycles. The van der Waals surface area contributed by atoms with Gasteiger partial charge in [-0.3, -0.25) is 0 Å². The zero-order chi connectivity index (χ0) is 18.5. The molecule has 0 radical (unpaired) electrons. The topological polar surface area (TPSA) is 59.4 Å². The molecule has 0 fully saturated rings. The van der Waals surface area contributed by atoms with E-state index in [1.165, 1.54) is 0 Å². The lowest BCUT2D eigenvalue weighted by Crippen LogP contribution is -2.15. The van der Waals surface area contributed by atoms with Crippen LogP contribution in [0.4, 0.5) is 0 Å². The average Bonchev–Trinajstić information content (AvgIpc) is 2.64. The van der Waals surface area contributed by atoms with Gasteiger partial charge in [-0.1, -0.05) is 48.0 Å². The second kappa shape index (κ2) is 8.13. The highest BCUT2D eigenvalue weighted by molar-refractivity contribution is 6.31. The molecule has 132 valence electrons. The second-order valence-electron chi connectivity index (χ2n) is 5.75. The van der Waals surface area contributed by atoms with Crippen LogP contribution in [0.1, 0.15) is 29.8 Å². The first kappa shape index (κ1) is 18.1. The highest BCUT2D eigenvalue weighted by atomic mass is 35.5. The predicted molar refractivity (Wildman–Crippen MR) is 104 cm³/mol. The van der Waals surface area contributed by atoms with Gasteiger partial charge in [-0.2, -0.15) is 0 Å². The van der Waals surface area contributed by atoms with Gasteiger partial charge >= 0.3 is 5.97 Å². The number of carboxylic acids is 1. The Bertz CT molecular complexity index is 968. The molecular formula is C21H18ClNO3. The predicted octanol–water partition coefficient (Wildman–Crippen LogP) is 5.22. The normalized spacial score (nSPS) is 12.5. The van der Waals surface area contributed by atoms with E-state index in [1.807, 2.05) is 60.7 Å². The average molecular weight is 368 g/mol. The fourth-order valence-electron chi connectivity index (χ4n) is 2.68. The summed E-state index contributed by atoms with van der Waals surface area (Å²) in [6.45, 7) is 2.11. The zero-order valence-electron chi connectivity index (χ0n) is 14.2. The highest BCUT2D eigenvalue weighted by Gasteiger charge is 2.19. The number of halogens is 1. The largest absolute Gasteiger partial charge is 0.479 e. The van der Waals surface area contributed by atoms with E-state index in [1.54, 1.807) is 13.0 Å². The van der Waals surface area contributed by atoms with E-state index in [0.29, 0.717) is 17.2 Å². The van der Waals surface area contributed by atoms with Crippen LogP contribution in [0.2, 0.25) is 5.02 Å². The molecule has 0 amide bonds. The SMILES string of the molecule is CCO[C@@H](C(=O)O)c1cccc(/C=C/c2ccc3ccc(Cl)cc3n2)c1. The molecule has 26 heavy (non-hydrogen) atoms. The minimum absolute atomic E-state index is 0.334. The maximum Gasteiger partial charge on any atom is 0.337 e. The van der Waals surface area contributed by atoms with Crippen LogP contribution in [0, 0.1) is 0 Å². The number of carboxylic acid groups (broad SMARTS) is 1. The van der Waals surface area contributed by atoms with Crippen LogP contribution in [0.15, 0.2) is 54.6 Å². The molecule has 4 nitrogen and oxygen atoms in total. The van der Waals surface area contributed by atoms with Crippen molar-refractivity contribution in [2.45, 2.75) is 13.0 Å². The Morgan fingerprint density at radius 2 is 2.00 bits per heavy atom. The van der Waals surface area contributed by atoms with E-state index in [2.05, 4.69) is 4.98 Å². The van der Waals surface area contributed by atoms with Crippen LogP contribution in [0.5, 0.6) is 0 Å². The molecule has 0 saturated heterocycles. The Labute approximate surface area is 156 Å². The molecule has 3 aromatic rings.